The van der Waals surface area contributed by atoms with Gasteiger partial charge in [-0.1, -0.05) is 18.2 Å². The van der Waals surface area contributed by atoms with Gasteiger partial charge < -0.3 is 10.2 Å². The van der Waals surface area contributed by atoms with Crippen molar-refractivity contribution in [2.24, 2.45) is 0 Å². The first-order valence-corrected chi connectivity index (χ1v) is 7.67. The Hall–Kier alpha value is -2.14. The fourth-order valence-electron chi connectivity index (χ4n) is 2.69. The fraction of sp³-hybridized carbons (Fsp3) is 0.250. The highest BCUT2D eigenvalue weighted by atomic mass is 32.1. The molecule has 0 saturated carbocycles. The van der Waals surface area contributed by atoms with Crippen molar-refractivity contribution in [3.8, 4) is 0 Å². The molecule has 3 rings (SSSR count). The minimum atomic E-state index is -0.129. The fourth-order valence-corrected chi connectivity index (χ4v) is 3.58. The van der Waals surface area contributed by atoms with Crippen molar-refractivity contribution >= 4 is 33.8 Å². The highest BCUT2D eigenvalue weighted by molar-refractivity contribution is 7.18. The Kier molecular flexibility index (Phi) is 3.51. The quantitative estimate of drug-likeness (QED) is 0.925. The molecule has 2 amide bonds. The third-order valence-electron chi connectivity index (χ3n) is 3.54. The standard InChI is InChI=1S/C16H16N2O2S/c1-10-9-12-5-3-4-6-13(12)18(10)16(20)14-7-8-15(21-14)17-11(2)19/h3-8,10H,9H2,1-2H3,(H,17,19). The summed E-state index contributed by atoms with van der Waals surface area (Å²) in [7, 11) is 0. The van der Waals surface area contributed by atoms with Crippen LogP contribution < -0.4 is 10.2 Å². The number of hydrogen-bond donors (Lipinski definition) is 1. The van der Waals surface area contributed by atoms with Gasteiger partial charge in [0.25, 0.3) is 5.91 Å². The van der Waals surface area contributed by atoms with E-state index in [-0.39, 0.29) is 17.9 Å². The summed E-state index contributed by atoms with van der Waals surface area (Å²) in [6, 6.07) is 11.7. The minimum Gasteiger partial charge on any atom is -0.318 e. The summed E-state index contributed by atoms with van der Waals surface area (Å²) >= 11 is 1.31. The van der Waals surface area contributed by atoms with E-state index in [1.165, 1.54) is 23.8 Å². The van der Waals surface area contributed by atoms with Crippen LogP contribution in [0.2, 0.25) is 0 Å². The number of nitrogens with zero attached hydrogens (tertiary/aromatic N) is 1. The molecule has 0 bridgehead atoms. The summed E-state index contributed by atoms with van der Waals surface area (Å²) in [6.45, 7) is 3.51. The van der Waals surface area contributed by atoms with E-state index in [1.54, 1.807) is 12.1 Å². The molecule has 1 atom stereocenters. The van der Waals surface area contributed by atoms with Crippen molar-refractivity contribution in [1.82, 2.24) is 0 Å². The molecule has 1 unspecified atom stereocenters. The summed E-state index contributed by atoms with van der Waals surface area (Å²) in [5.74, 6) is -0.134. The second kappa shape index (κ2) is 5.33. The van der Waals surface area contributed by atoms with Crippen molar-refractivity contribution in [2.45, 2.75) is 26.3 Å². The molecule has 0 saturated heterocycles. The maximum atomic E-state index is 12.7. The summed E-state index contributed by atoms with van der Waals surface area (Å²) in [4.78, 5) is 26.3. The van der Waals surface area contributed by atoms with Crippen molar-refractivity contribution in [2.75, 3.05) is 10.2 Å². The van der Waals surface area contributed by atoms with E-state index < -0.39 is 0 Å². The molecule has 21 heavy (non-hydrogen) atoms. The maximum absolute atomic E-state index is 12.7. The molecule has 1 N–H and O–H groups in total. The van der Waals surface area contributed by atoms with Gasteiger partial charge in [0, 0.05) is 18.7 Å². The number of benzene rings is 1. The average molecular weight is 300 g/mol. The third kappa shape index (κ3) is 2.56. The Labute approximate surface area is 127 Å². The lowest BCUT2D eigenvalue weighted by Gasteiger charge is -2.21. The van der Waals surface area contributed by atoms with E-state index in [4.69, 9.17) is 0 Å². The Balaban J connectivity index is 1.88. The molecular formula is C16H16N2O2S. The van der Waals surface area contributed by atoms with Crippen LogP contribution >= 0.6 is 11.3 Å². The predicted octanol–water partition coefficient (Wildman–Crippen LogP) is 3.30. The minimum absolute atomic E-state index is 0.00551. The molecule has 0 radical (unpaired) electrons. The number of nitrogens with one attached hydrogen (secondary N) is 1. The zero-order valence-electron chi connectivity index (χ0n) is 11.9. The van der Waals surface area contributed by atoms with Gasteiger partial charge in [-0.3, -0.25) is 9.59 Å². The molecule has 1 aliphatic heterocycles. The van der Waals surface area contributed by atoms with Gasteiger partial charge in [0.2, 0.25) is 5.91 Å². The van der Waals surface area contributed by atoms with Crippen LogP contribution in [0.4, 0.5) is 10.7 Å². The topological polar surface area (TPSA) is 49.4 Å². The lowest BCUT2D eigenvalue weighted by atomic mass is 10.1. The first-order chi connectivity index (χ1) is 10.1. The van der Waals surface area contributed by atoms with E-state index in [1.807, 2.05) is 23.1 Å². The van der Waals surface area contributed by atoms with E-state index in [9.17, 15) is 9.59 Å². The summed E-state index contributed by atoms with van der Waals surface area (Å²) in [6.07, 6.45) is 0.881. The van der Waals surface area contributed by atoms with Crippen LogP contribution in [0.5, 0.6) is 0 Å². The molecule has 108 valence electrons. The van der Waals surface area contributed by atoms with Crippen molar-refractivity contribution < 1.29 is 9.59 Å². The van der Waals surface area contributed by atoms with Crippen LogP contribution in [0.3, 0.4) is 0 Å². The first-order valence-electron chi connectivity index (χ1n) is 6.85. The number of carbonyl (C=O) groups excluding carboxylic acids is 2. The van der Waals surface area contributed by atoms with Gasteiger partial charge in [-0.2, -0.15) is 0 Å². The van der Waals surface area contributed by atoms with Gasteiger partial charge in [0.15, 0.2) is 0 Å². The van der Waals surface area contributed by atoms with Crippen LogP contribution in [-0.4, -0.2) is 17.9 Å². The van der Waals surface area contributed by atoms with E-state index in [0.29, 0.717) is 9.88 Å². The highest BCUT2D eigenvalue weighted by Crippen LogP contribution is 2.34. The number of para-hydroxylation sites is 1. The molecule has 5 heteroatoms. The van der Waals surface area contributed by atoms with Gasteiger partial charge in [0.05, 0.1) is 9.88 Å². The van der Waals surface area contributed by atoms with Crippen LogP contribution in [-0.2, 0) is 11.2 Å². The average Bonchev–Trinajstić information content (AvgIpc) is 3.00. The van der Waals surface area contributed by atoms with Crippen molar-refractivity contribution in [3.63, 3.8) is 0 Å². The number of carbonyl (C=O) groups is 2. The molecular weight excluding hydrogens is 284 g/mol. The lowest BCUT2D eigenvalue weighted by molar-refractivity contribution is -0.114. The molecule has 2 aromatic rings. The zero-order chi connectivity index (χ0) is 15.0. The smallest absolute Gasteiger partial charge is 0.268 e. The summed E-state index contributed by atoms with van der Waals surface area (Å²) < 4.78 is 0. The molecule has 1 aliphatic rings. The highest BCUT2D eigenvalue weighted by Gasteiger charge is 2.31. The molecule has 0 fully saturated rings. The molecule has 0 aliphatic carbocycles. The molecule has 1 aromatic heterocycles. The largest absolute Gasteiger partial charge is 0.318 e. The number of thiophene rings is 1. The monoisotopic (exact) mass is 300 g/mol. The molecule has 2 heterocycles. The van der Waals surface area contributed by atoms with Crippen LogP contribution in [0.15, 0.2) is 36.4 Å². The zero-order valence-corrected chi connectivity index (χ0v) is 12.7. The van der Waals surface area contributed by atoms with Gasteiger partial charge >= 0.3 is 0 Å². The summed E-state index contributed by atoms with van der Waals surface area (Å²) in [5, 5.41) is 3.41. The Morgan fingerprint density at radius 3 is 2.76 bits per heavy atom. The van der Waals surface area contributed by atoms with Gasteiger partial charge in [0.1, 0.15) is 0 Å². The number of anilines is 2. The lowest BCUT2D eigenvalue weighted by Crippen LogP contribution is -2.35. The molecule has 1 aromatic carbocycles. The first kappa shape index (κ1) is 13.8. The second-order valence-corrected chi connectivity index (χ2v) is 6.29. The van der Waals surface area contributed by atoms with Gasteiger partial charge in [-0.25, -0.2) is 0 Å². The second-order valence-electron chi connectivity index (χ2n) is 5.20. The van der Waals surface area contributed by atoms with Crippen molar-refractivity contribution in [3.05, 3.63) is 46.8 Å². The third-order valence-corrected chi connectivity index (χ3v) is 4.53. The van der Waals surface area contributed by atoms with E-state index >= 15 is 0 Å². The summed E-state index contributed by atoms with van der Waals surface area (Å²) in [5.41, 5.74) is 2.20. The number of amides is 2. The normalized spacial score (nSPS) is 16.7. The Morgan fingerprint density at radius 2 is 2.00 bits per heavy atom. The van der Waals surface area contributed by atoms with Crippen LogP contribution in [0.25, 0.3) is 0 Å². The molecule has 4 nitrogen and oxygen atoms in total. The number of rotatable bonds is 2. The Bertz CT molecular complexity index is 708. The van der Waals surface area contributed by atoms with Gasteiger partial charge in [-0.15, -0.1) is 11.3 Å². The Morgan fingerprint density at radius 1 is 1.24 bits per heavy atom. The predicted molar refractivity (Wildman–Crippen MR) is 85.0 cm³/mol. The van der Waals surface area contributed by atoms with Gasteiger partial charge in [-0.05, 0) is 37.1 Å². The maximum Gasteiger partial charge on any atom is 0.268 e. The molecule has 0 spiro atoms. The van der Waals surface area contributed by atoms with Crippen molar-refractivity contribution in [1.29, 1.82) is 0 Å². The van der Waals surface area contributed by atoms with E-state index in [2.05, 4.69) is 18.3 Å². The van der Waals surface area contributed by atoms with Crippen LogP contribution in [0, 0.1) is 0 Å². The van der Waals surface area contributed by atoms with Crippen LogP contribution in [0.1, 0.15) is 29.1 Å². The number of hydrogen-bond acceptors (Lipinski definition) is 3. The van der Waals surface area contributed by atoms with E-state index in [0.717, 1.165) is 12.1 Å². The SMILES string of the molecule is CC(=O)Nc1ccc(C(=O)N2c3ccccc3CC2C)s1. The number of fused-ring (bicyclic) bond motifs is 1.